The molecule has 0 saturated heterocycles. The Morgan fingerprint density at radius 2 is 1.94 bits per heavy atom. The lowest BCUT2D eigenvalue weighted by atomic mass is 9.92. The van der Waals surface area contributed by atoms with Gasteiger partial charge in [-0.1, -0.05) is 19.1 Å². The van der Waals surface area contributed by atoms with Gasteiger partial charge in [-0.3, -0.25) is 9.48 Å². The molecule has 3 unspecified atom stereocenters. The summed E-state index contributed by atoms with van der Waals surface area (Å²) in [6, 6.07) is 10.1. The van der Waals surface area contributed by atoms with Crippen LogP contribution in [0.25, 0.3) is 0 Å². The van der Waals surface area contributed by atoms with Crippen molar-refractivity contribution < 1.29 is 9.53 Å². The number of nitrogens with zero attached hydrogens (tertiary/aromatic N) is 6. The lowest BCUT2D eigenvalue weighted by molar-refractivity contribution is 0.0743. The van der Waals surface area contributed by atoms with Gasteiger partial charge in [-0.05, 0) is 38.0 Å². The number of rotatable bonds is 5. The second-order valence-electron chi connectivity index (χ2n) is 8.92. The van der Waals surface area contributed by atoms with Crippen LogP contribution in [0.4, 0.5) is 5.82 Å². The number of ether oxygens (including phenoxy) is 1. The molecule has 2 aliphatic heterocycles. The van der Waals surface area contributed by atoms with Gasteiger partial charge in [-0.15, -0.1) is 0 Å². The number of hydrogen-bond acceptors (Lipinski definition) is 5. The minimum absolute atomic E-state index is 0.0237. The minimum Gasteiger partial charge on any atom is -0.491 e. The van der Waals surface area contributed by atoms with Gasteiger partial charge in [-0.25, -0.2) is 4.68 Å². The summed E-state index contributed by atoms with van der Waals surface area (Å²) in [7, 11) is 2.13. The summed E-state index contributed by atoms with van der Waals surface area (Å²) in [6.07, 6.45) is 3.64. The van der Waals surface area contributed by atoms with E-state index in [0.29, 0.717) is 55.6 Å². The van der Waals surface area contributed by atoms with Crippen LogP contribution in [0.1, 0.15) is 48.4 Å². The van der Waals surface area contributed by atoms with Gasteiger partial charge in [-0.2, -0.15) is 10.2 Å². The molecular weight excluding hydrogens is 404 g/mol. The lowest BCUT2D eigenvalue weighted by Gasteiger charge is -2.41. The van der Waals surface area contributed by atoms with Gasteiger partial charge in [0.1, 0.15) is 18.2 Å². The lowest BCUT2D eigenvalue weighted by Crippen LogP contribution is -2.44. The van der Waals surface area contributed by atoms with Crippen molar-refractivity contribution in [2.24, 2.45) is 5.92 Å². The Labute approximate surface area is 188 Å². The van der Waals surface area contributed by atoms with Gasteiger partial charge in [0.2, 0.25) is 0 Å². The van der Waals surface area contributed by atoms with Crippen LogP contribution in [0.15, 0.2) is 42.7 Å². The first-order chi connectivity index (χ1) is 15.5. The Morgan fingerprint density at radius 3 is 2.72 bits per heavy atom. The molecule has 8 heteroatoms. The normalized spacial score (nSPS) is 22.1. The third-order valence-corrected chi connectivity index (χ3v) is 7.15. The highest BCUT2D eigenvalue weighted by atomic mass is 16.5. The molecule has 32 heavy (non-hydrogen) atoms. The molecule has 4 heterocycles. The summed E-state index contributed by atoms with van der Waals surface area (Å²) in [4.78, 5) is 17.6. The SMILES string of the molecule is CC1C(C)N(C)c2c3c(nn2C1C)CN(C(=O)c1ccccc1OCCn1cccn1)C3. The quantitative estimate of drug-likeness (QED) is 0.616. The molecule has 0 aliphatic carbocycles. The number of hydrogen-bond donors (Lipinski definition) is 0. The van der Waals surface area contributed by atoms with E-state index in [1.165, 1.54) is 5.56 Å². The number of benzene rings is 1. The predicted molar refractivity (Wildman–Crippen MR) is 122 cm³/mol. The van der Waals surface area contributed by atoms with Crippen molar-refractivity contribution in [3.8, 4) is 5.75 Å². The average molecular weight is 435 g/mol. The summed E-state index contributed by atoms with van der Waals surface area (Å²) in [5.74, 6) is 2.24. The zero-order valence-corrected chi connectivity index (χ0v) is 19.1. The van der Waals surface area contributed by atoms with Crippen LogP contribution < -0.4 is 9.64 Å². The van der Waals surface area contributed by atoms with E-state index >= 15 is 0 Å². The highest BCUT2D eigenvalue weighted by molar-refractivity contribution is 5.97. The van der Waals surface area contributed by atoms with E-state index in [1.54, 1.807) is 6.20 Å². The highest BCUT2D eigenvalue weighted by Crippen LogP contribution is 2.41. The van der Waals surface area contributed by atoms with E-state index in [0.717, 1.165) is 11.5 Å². The summed E-state index contributed by atoms with van der Waals surface area (Å²) in [5, 5.41) is 9.10. The molecule has 0 N–H and O–H groups in total. The Balaban J connectivity index is 1.33. The van der Waals surface area contributed by atoms with E-state index < -0.39 is 0 Å². The highest BCUT2D eigenvalue weighted by Gasteiger charge is 2.39. The van der Waals surface area contributed by atoms with Crippen LogP contribution >= 0.6 is 0 Å². The zero-order valence-electron chi connectivity index (χ0n) is 19.1. The molecular formula is C24H30N6O2. The topological polar surface area (TPSA) is 68.4 Å². The van der Waals surface area contributed by atoms with E-state index in [4.69, 9.17) is 9.84 Å². The Kier molecular flexibility index (Phi) is 5.15. The summed E-state index contributed by atoms with van der Waals surface area (Å²) in [5.41, 5.74) is 2.76. The van der Waals surface area contributed by atoms with Crippen LogP contribution in [-0.2, 0) is 19.6 Å². The molecule has 1 amide bonds. The molecule has 0 bridgehead atoms. The van der Waals surface area contributed by atoms with Gasteiger partial charge in [0.25, 0.3) is 5.91 Å². The van der Waals surface area contributed by atoms with Crippen LogP contribution in [0.2, 0.25) is 0 Å². The van der Waals surface area contributed by atoms with Crippen molar-refractivity contribution in [3.63, 3.8) is 0 Å². The molecule has 168 valence electrons. The Bertz CT molecular complexity index is 1120. The molecule has 0 radical (unpaired) electrons. The summed E-state index contributed by atoms with van der Waals surface area (Å²) >= 11 is 0. The number of anilines is 1. The minimum atomic E-state index is -0.0237. The molecule has 2 aromatic heterocycles. The number of aromatic nitrogens is 4. The van der Waals surface area contributed by atoms with Gasteiger partial charge in [0.15, 0.2) is 0 Å². The van der Waals surface area contributed by atoms with Gasteiger partial charge < -0.3 is 14.5 Å². The van der Waals surface area contributed by atoms with Crippen molar-refractivity contribution in [1.82, 2.24) is 24.5 Å². The number of carbonyl (C=O) groups is 1. The molecule has 0 spiro atoms. The van der Waals surface area contributed by atoms with Gasteiger partial charge in [0, 0.05) is 31.0 Å². The first kappa shape index (κ1) is 20.6. The number of amides is 1. The van der Waals surface area contributed by atoms with Crippen molar-refractivity contribution in [2.45, 2.75) is 52.5 Å². The van der Waals surface area contributed by atoms with E-state index in [2.05, 4.69) is 42.5 Å². The summed E-state index contributed by atoms with van der Waals surface area (Å²) < 4.78 is 9.93. The maximum Gasteiger partial charge on any atom is 0.258 e. The van der Waals surface area contributed by atoms with Crippen molar-refractivity contribution in [1.29, 1.82) is 0 Å². The van der Waals surface area contributed by atoms with Crippen LogP contribution in [0.5, 0.6) is 5.75 Å². The molecule has 3 atom stereocenters. The third kappa shape index (κ3) is 3.34. The predicted octanol–water partition coefficient (Wildman–Crippen LogP) is 3.35. The number of para-hydroxylation sites is 1. The second-order valence-corrected chi connectivity index (χ2v) is 8.92. The fraction of sp³-hybridized carbons (Fsp3) is 0.458. The monoisotopic (exact) mass is 434 g/mol. The van der Waals surface area contributed by atoms with Gasteiger partial charge >= 0.3 is 0 Å². The first-order valence-electron chi connectivity index (χ1n) is 11.3. The Hall–Kier alpha value is -3.29. The first-order valence-corrected chi connectivity index (χ1v) is 11.3. The van der Waals surface area contributed by atoms with Crippen LogP contribution in [0.3, 0.4) is 0 Å². The number of fused-ring (bicyclic) bond motifs is 3. The van der Waals surface area contributed by atoms with Crippen molar-refractivity contribution in [3.05, 3.63) is 59.5 Å². The van der Waals surface area contributed by atoms with Crippen molar-refractivity contribution >= 4 is 11.7 Å². The smallest absolute Gasteiger partial charge is 0.258 e. The molecule has 1 aromatic carbocycles. The standard InChI is InChI=1S/C24H30N6O2/c1-16-17(2)27(4)23-20-14-28(15-21(20)26-30(23)18(16)3)24(31)19-8-5-6-9-22(19)32-13-12-29-11-7-10-25-29/h5-11,16-18H,12-15H2,1-4H3. The van der Waals surface area contributed by atoms with Crippen LogP contribution in [0, 0.1) is 5.92 Å². The van der Waals surface area contributed by atoms with Gasteiger partial charge in [0.05, 0.1) is 36.9 Å². The Morgan fingerprint density at radius 1 is 1.12 bits per heavy atom. The fourth-order valence-corrected chi connectivity index (χ4v) is 4.82. The van der Waals surface area contributed by atoms with Crippen molar-refractivity contribution in [2.75, 3.05) is 18.6 Å². The third-order valence-electron chi connectivity index (χ3n) is 7.15. The van der Waals surface area contributed by atoms with E-state index in [-0.39, 0.29) is 5.91 Å². The average Bonchev–Trinajstić information content (AvgIpc) is 3.52. The molecule has 0 saturated carbocycles. The maximum atomic E-state index is 13.4. The van der Waals surface area contributed by atoms with E-state index in [9.17, 15) is 4.79 Å². The zero-order chi connectivity index (χ0) is 22.4. The molecule has 2 aliphatic rings. The fourth-order valence-electron chi connectivity index (χ4n) is 4.82. The summed E-state index contributed by atoms with van der Waals surface area (Å²) in [6.45, 7) is 8.95. The molecule has 0 fully saturated rings. The number of carbonyl (C=O) groups excluding carboxylic acids is 1. The second kappa shape index (κ2) is 8.00. The molecule has 3 aromatic rings. The van der Waals surface area contributed by atoms with E-state index in [1.807, 2.05) is 46.1 Å². The maximum absolute atomic E-state index is 13.4. The molecule has 5 rings (SSSR count). The molecule has 8 nitrogen and oxygen atoms in total. The van der Waals surface area contributed by atoms with Crippen LogP contribution in [-0.4, -0.2) is 50.1 Å². The largest absolute Gasteiger partial charge is 0.491 e.